The standard InChI is InChI=1S/C18H20N2O5S/c1-12-5-6-14(18(22)25-4)11-16(12)19-17(21)13-7-9-15(10-8-13)26(23,24)20(2)3/h5-11H,1-4H3,(H,19,21). The predicted molar refractivity (Wildman–Crippen MR) is 97.8 cm³/mol. The van der Waals surface area contributed by atoms with Crippen LogP contribution in [0, 0.1) is 6.92 Å². The first kappa shape index (κ1) is 19.6. The van der Waals surface area contributed by atoms with Gasteiger partial charge in [-0.2, -0.15) is 0 Å². The van der Waals surface area contributed by atoms with Crippen molar-refractivity contribution in [2.75, 3.05) is 26.5 Å². The third-order valence-corrected chi connectivity index (χ3v) is 5.63. The molecule has 0 radical (unpaired) electrons. The van der Waals surface area contributed by atoms with E-state index in [4.69, 9.17) is 0 Å². The van der Waals surface area contributed by atoms with Gasteiger partial charge in [-0.25, -0.2) is 17.5 Å². The zero-order valence-corrected chi connectivity index (χ0v) is 15.8. The largest absolute Gasteiger partial charge is 0.465 e. The van der Waals surface area contributed by atoms with Crippen LogP contribution in [0.4, 0.5) is 5.69 Å². The Morgan fingerprint density at radius 3 is 2.12 bits per heavy atom. The second kappa shape index (κ2) is 7.67. The molecule has 7 nitrogen and oxygen atoms in total. The first-order valence-electron chi connectivity index (χ1n) is 7.69. The molecule has 0 aliphatic carbocycles. The van der Waals surface area contributed by atoms with E-state index in [9.17, 15) is 18.0 Å². The summed E-state index contributed by atoms with van der Waals surface area (Å²) in [4.78, 5) is 24.1. The lowest BCUT2D eigenvalue weighted by Gasteiger charge is -2.12. The van der Waals surface area contributed by atoms with Crippen molar-refractivity contribution in [3.05, 3.63) is 59.2 Å². The van der Waals surface area contributed by atoms with Crippen LogP contribution >= 0.6 is 0 Å². The summed E-state index contributed by atoms with van der Waals surface area (Å²) in [5.41, 5.74) is 1.87. The molecule has 2 aromatic carbocycles. The van der Waals surface area contributed by atoms with Crippen molar-refractivity contribution in [2.45, 2.75) is 11.8 Å². The Hall–Kier alpha value is -2.71. The molecule has 0 aliphatic heterocycles. The van der Waals surface area contributed by atoms with Crippen molar-refractivity contribution < 1.29 is 22.7 Å². The van der Waals surface area contributed by atoms with Crippen LogP contribution in [0.25, 0.3) is 0 Å². The minimum absolute atomic E-state index is 0.0999. The second-order valence-electron chi connectivity index (χ2n) is 5.79. The fraction of sp³-hybridized carbons (Fsp3) is 0.222. The van der Waals surface area contributed by atoms with Gasteiger partial charge in [0.05, 0.1) is 17.6 Å². The zero-order chi connectivity index (χ0) is 19.5. The third kappa shape index (κ3) is 4.09. The summed E-state index contributed by atoms with van der Waals surface area (Å²) < 4.78 is 29.9. The highest BCUT2D eigenvalue weighted by Gasteiger charge is 2.18. The second-order valence-corrected chi connectivity index (χ2v) is 7.94. The van der Waals surface area contributed by atoms with Gasteiger partial charge in [0.1, 0.15) is 0 Å². The number of aryl methyl sites for hydroxylation is 1. The average molecular weight is 376 g/mol. The van der Waals surface area contributed by atoms with E-state index in [1.807, 2.05) is 0 Å². The number of carbonyl (C=O) groups excluding carboxylic acids is 2. The van der Waals surface area contributed by atoms with Gasteiger partial charge in [0.2, 0.25) is 10.0 Å². The molecule has 1 N–H and O–H groups in total. The summed E-state index contributed by atoms with van der Waals surface area (Å²) in [5, 5.41) is 2.72. The first-order chi connectivity index (χ1) is 12.2. The molecule has 2 rings (SSSR count). The van der Waals surface area contributed by atoms with Gasteiger partial charge >= 0.3 is 5.97 Å². The number of sulfonamides is 1. The maximum absolute atomic E-state index is 12.4. The summed E-state index contributed by atoms with van der Waals surface area (Å²) >= 11 is 0. The number of methoxy groups -OCH3 is 1. The van der Waals surface area contributed by atoms with Crippen molar-refractivity contribution in [3.8, 4) is 0 Å². The van der Waals surface area contributed by atoms with Gasteiger partial charge in [-0.3, -0.25) is 4.79 Å². The molecule has 0 aromatic heterocycles. The van der Waals surface area contributed by atoms with Crippen LogP contribution in [0.15, 0.2) is 47.4 Å². The van der Waals surface area contributed by atoms with Gasteiger partial charge in [0.25, 0.3) is 5.91 Å². The number of nitrogens with one attached hydrogen (secondary N) is 1. The topological polar surface area (TPSA) is 92.8 Å². The molecular weight excluding hydrogens is 356 g/mol. The van der Waals surface area contributed by atoms with E-state index < -0.39 is 21.9 Å². The van der Waals surface area contributed by atoms with Crippen LogP contribution in [0.5, 0.6) is 0 Å². The Labute approximate surface area is 152 Å². The molecule has 0 saturated carbocycles. The number of ether oxygens (including phenoxy) is 1. The van der Waals surface area contributed by atoms with Gasteiger partial charge < -0.3 is 10.1 Å². The molecule has 0 unspecified atom stereocenters. The molecule has 2 aromatic rings. The monoisotopic (exact) mass is 376 g/mol. The van der Waals surface area contributed by atoms with Gasteiger partial charge in [0.15, 0.2) is 0 Å². The van der Waals surface area contributed by atoms with Gasteiger partial charge in [-0.05, 0) is 48.9 Å². The number of hydrogen-bond donors (Lipinski definition) is 1. The molecule has 138 valence electrons. The Balaban J connectivity index is 2.24. The number of nitrogens with zero attached hydrogens (tertiary/aromatic N) is 1. The number of anilines is 1. The first-order valence-corrected chi connectivity index (χ1v) is 9.13. The lowest BCUT2D eigenvalue weighted by Crippen LogP contribution is -2.22. The SMILES string of the molecule is COC(=O)c1ccc(C)c(NC(=O)c2ccc(S(=O)(=O)N(C)C)cc2)c1. The van der Waals surface area contributed by atoms with Gasteiger partial charge in [-0.1, -0.05) is 6.07 Å². The van der Waals surface area contributed by atoms with Crippen LogP contribution in [0.3, 0.4) is 0 Å². The number of esters is 1. The van der Waals surface area contributed by atoms with E-state index in [1.165, 1.54) is 51.5 Å². The summed E-state index contributed by atoms with van der Waals surface area (Å²) in [7, 11) is 0.604. The van der Waals surface area contributed by atoms with Crippen LogP contribution < -0.4 is 5.32 Å². The van der Waals surface area contributed by atoms with Crippen molar-refractivity contribution >= 4 is 27.6 Å². The van der Waals surface area contributed by atoms with Crippen LogP contribution in [-0.4, -0.2) is 45.8 Å². The highest BCUT2D eigenvalue weighted by molar-refractivity contribution is 7.89. The Morgan fingerprint density at radius 1 is 1.00 bits per heavy atom. The molecule has 0 atom stereocenters. The summed E-state index contributed by atoms with van der Waals surface area (Å²) in [6.45, 7) is 1.80. The molecule has 0 bridgehead atoms. The fourth-order valence-electron chi connectivity index (χ4n) is 2.19. The molecule has 0 fully saturated rings. The van der Waals surface area contributed by atoms with Crippen LogP contribution in [0.1, 0.15) is 26.3 Å². The molecule has 0 spiro atoms. The normalized spacial score (nSPS) is 11.3. The van der Waals surface area contributed by atoms with E-state index in [0.29, 0.717) is 16.8 Å². The smallest absolute Gasteiger partial charge is 0.337 e. The number of carbonyl (C=O) groups is 2. The minimum Gasteiger partial charge on any atom is -0.465 e. The summed E-state index contributed by atoms with van der Waals surface area (Å²) in [6, 6.07) is 10.5. The van der Waals surface area contributed by atoms with Crippen molar-refractivity contribution in [1.82, 2.24) is 4.31 Å². The Bertz CT molecular complexity index is 935. The highest BCUT2D eigenvalue weighted by atomic mass is 32.2. The van der Waals surface area contributed by atoms with E-state index in [1.54, 1.807) is 19.1 Å². The molecule has 1 amide bonds. The van der Waals surface area contributed by atoms with Crippen LogP contribution in [-0.2, 0) is 14.8 Å². The number of hydrogen-bond acceptors (Lipinski definition) is 5. The van der Waals surface area contributed by atoms with Crippen LogP contribution in [0.2, 0.25) is 0 Å². The molecule has 26 heavy (non-hydrogen) atoms. The maximum Gasteiger partial charge on any atom is 0.337 e. The molecular formula is C18H20N2O5S. The third-order valence-electron chi connectivity index (χ3n) is 3.80. The predicted octanol–water partition coefficient (Wildman–Crippen LogP) is 2.28. The van der Waals surface area contributed by atoms with Crippen molar-refractivity contribution in [3.63, 3.8) is 0 Å². The molecule has 0 heterocycles. The minimum atomic E-state index is -3.55. The number of rotatable bonds is 5. The van der Waals surface area contributed by atoms with Gasteiger partial charge in [-0.15, -0.1) is 0 Å². The highest BCUT2D eigenvalue weighted by Crippen LogP contribution is 2.19. The Morgan fingerprint density at radius 2 is 1.58 bits per heavy atom. The Kier molecular flexibility index (Phi) is 5.79. The van der Waals surface area contributed by atoms with E-state index in [-0.39, 0.29) is 4.90 Å². The van der Waals surface area contributed by atoms with E-state index in [2.05, 4.69) is 10.1 Å². The van der Waals surface area contributed by atoms with Crippen molar-refractivity contribution in [1.29, 1.82) is 0 Å². The fourth-order valence-corrected chi connectivity index (χ4v) is 3.09. The molecule has 8 heteroatoms. The van der Waals surface area contributed by atoms with E-state index in [0.717, 1.165) is 9.87 Å². The quantitative estimate of drug-likeness (QED) is 0.808. The number of benzene rings is 2. The number of amides is 1. The molecule has 0 aliphatic rings. The lowest BCUT2D eigenvalue weighted by molar-refractivity contribution is 0.0600. The molecule has 0 saturated heterocycles. The maximum atomic E-state index is 12.4. The van der Waals surface area contributed by atoms with Crippen molar-refractivity contribution in [2.24, 2.45) is 0 Å². The average Bonchev–Trinajstić information content (AvgIpc) is 2.62. The van der Waals surface area contributed by atoms with Gasteiger partial charge in [0, 0.05) is 25.3 Å². The summed E-state index contributed by atoms with van der Waals surface area (Å²) in [5.74, 6) is -0.914. The van der Waals surface area contributed by atoms with E-state index >= 15 is 0 Å². The summed E-state index contributed by atoms with van der Waals surface area (Å²) in [6.07, 6.45) is 0. The lowest BCUT2D eigenvalue weighted by atomic mass is 10.1. The zero-order valence-electron chi connectivity index (χ0n) is 14.9.